The highest BCUT2D eigenvalue weighted by molar-refractivity contribution is 7.99. The molecule has 0 aliphatic carbocycles. The van der Waals surface area contributed by atoms with Gasteiger partial charge in [0, 0.05) is 54.6 Å². The number of carbonyl (C=O) groups excluding carboxylic acids is 4. The van der Waals surface area contributed by atoms with Crippen molar-refractivity contribution >= 4 is 35.4 Å². The lowest BCUT2D eigenvalue weighted by molar-refractivity contribution is -0.295. The molecule has 0 aromatic carbocycles. The molecule has 1 N–H and O–H groups in total. The van der Waals surface area contributed by atoms with Gasteiger partial charge >= 0.3 is 12.1 Å². The maximum absolute atomic E-state index is 14.6. The van der Waals surface area contributed by atoms with Gasteiger partial charge < -0.3 is 38.6 Å². The largest absolute Gasteiger partial charge is 0.458 e. The van der Waals surface area contributed by atoms with Crippen molar-refractivity contribution in [2.45, 2.75) is 154 Å². The van der Waals surface area contributed by atoms with Crippen LogP contribution in [0.4, 0.5) is 4.79 Å². The van der Waals surface area contributed by atoms with Gasteiger partial charge in [-0.25, -0.2) is 14.8 Å². The molecule has 3 aliphatic heterocycles. The van der Waals surface area contributed by atoms with Gasteiger partial charge in [-0.2, -0.15) is 0 Å². The second-order valence-electron chi connectivity index (χ2n) is 16.5. The quantitative estimate of drug-likeness (QED) is 0.113. The van der Waals surface area contributed by atoms with Crippen molar-refractivity contribution in [1.29, 1.82) is 0 Å². The van der Waals surface area contributed by atoms with Crippen LogP contribution in [-0.4, -0.2) is 136 Å². The molecule has 4 rings (SSSR count). The van der Waals surface area contributed by atoms with E-state index in [4.69, 9.17) is 23.7 Å². The Morgan fingerprint density at radius 1 is 1.02 bits per heavy atom. The van der Waals surface area contributed by atoms with Crippen molar-refractivity contribution in [3.63, 3.8) is 0 Å². The highest BCUT2D eigenvalue weighted by atomic mass is 32.2. The van der Waals surface area contributed by atoms with Crippen molar-refractivity contribution in [2.24, 2.45) is 23.7 Å². The second-order valence-corrected chi connectivity index (χ2v) is 17.6. The highest BCUT2D eigenvalue weighted by Gasteiger charge is 2.60. The van der Waals surface area contributed by atoms with Gasteiger partial charge in [0.1, 0.15) is 23.9 Å². The van der Waals surface area contributed by atoms with Crippen LogP contribution >= 0.6 is 11.8 Å². The van der Waals surface area contributed by atoms with Crippen molar-refractivity contribution in [2.75, 3.05) is 33.5 Å². The number of esters is 1. The van der Waals surface area contributed by atoms with Crippen LogP contribution in [0.3, 0.4) is 0 Å². The number of cyclic esters (lactones) is 1. The fourth-order valence-electron chi connectivity index (χ4n) is 8.87. The summed E-state index contributed by atoms with van der Waals surface area (Å²) in [4.78, 5) is 69.1. The number of ether oxygens (including phenoxy) is 5. The number of hydrogen-bond acceptors (Lipinski definition) is 14. The number of Topliss-reactive ketones (excluding diaryl/α,β-unsaturated/α-hetero) is 2. The van der Waals surface area contributed by atoms with Gasteiger partial charge in [-0.05, 0) is 87.4 Å². The van der Waals surface area contributed by atoms with Crippen LogP contribution in [0, 0.1) is 37.5 Å². The SMILES string of the molecule is CC[C@H]1OC(=O)[C@H](C)C(=O)[C@H](C)[C@@H](O[C@@H]2O[C@H](C)C[C@H](N(C)C)[C@H]2O)[C@](C)(OC)C[C@@H](C)C(=O)[C@H](C)[C@H]2N(CCCSc3nc(C)cc(C)n3)C(=O)O[C@]12C. The Morgan fingerprint density at radius 2 is 1.65 bits per heavy atom. The molecular weight excluding hydrogens is 729 g/mol. The first-order valence-corrected chi connectivity index (χ1v) is 20.6. The molecule has 0 unspecified atom stereocenters. The summed E-state index contributed by atoms with van der Waals surface area (Å²) in [6, 6.07) is 0.838. The van der Waals surface area contributed by atoms with Gasteiger partial charge in [0.2, 0.25) is 0 Å². The van der Waals surface area contributed by atoms with E-state index in [1.807, 2.05) is 52.8 Å². The fraction of sp³-hybridized carbons (Fsp3) is 0.800. The lowest BCUT2D eigenvalue weighted by Gasteiger charge is -2.47. The van der Waals surface area contributed by atoms with E-state index in [9.17, 15) is 24.3 Å². The Labute approximate surface area is 331 Å². The first kappa shape index (κ1) is 45.0. The third-order valence-electron chi connectivity index (χ3n) is 11.9. The standard InChI is InChI=1S/C40H64N4O10S/c1-14-29-40(10)33(44(38(49)54-40)16-15-17-55-37-41-22(3)18-23(4)42-37)25(6)30(45)21(2)20-39(9,50-13)34(26(7)31(46)27(8)35(48)52-29)53-36-32(47)28(43(11)12)19-24(5)51-36/h18,21,24-29,32-34,36,47H,14-17,19-20H2,1-13H3/t21-,24-,25+,26+,27-,28+,29-,32-,33-,34-,36+,39-,40-/m1/s1. The second kappa shape index (κ2) is 18.3. The van der Waals surface area contributed by atoms with Crippen LogP contribution < -0.4 is 0 Å². The number of likely N-dealkylation sites (N-methyl/N-ethyl adjacent to an activating group) is 1. The van der Waals surface area contributed by atoms with E-state index in [2.05, 4.69) is 9.97 Å². The Bertz CT molecular complexity index is 1530. The third-order valence-corrected chi connectivity index (χ3v) is 12.8. The van der Waals surface area contributed by atoms with E-state index in [0.717, 1.165) is 11.4 Å². The van der Waals surface area contributed by atoms with E-state index in [1.54, 1.807) is 39.5 Å². The van der Waals surface area contributed by atoms with Crippen LogP contribution in [-0.2, 0) is 38.1 Å². The van der Waals surface area contributed by atoms with Gasteiger partial charge in [-0.3, -0.25) is 14.4 Å². The first-order valence-electron chi connectivity index (χ1n) is 19.6. The highest BCUT2D eigenvalue weighted by Crippen LogP contribution is 2.43. The van der Waals surface area contributed by atoms with Crippen molar-refractivity contribution in [3.05, 3.63) is 17.5 Å². The Balaban J connectivity index is 1.70. The maximum Gasteiger partial charge on any atom is 0.410 e. The molecule has 55 heavy (non-hydrogen) atoms. The van der Waals surface area contributed by atoms with E-state index in [0.29, 0.717) is 23.8 Å². The third kappa shape index (κ3) is 9.72. The smallest absolute Gasteiger partial charge is 0.410 e. The normalized spacial score (nSPS) is 38.1. The van der Waals surface area contributed by atoms with Crippen LogP contribution in [0.2, 0.25) is 0 Å². The predicted molar refractivity (Wildman–Crippen MR) is 206 cm³/mol. The number of rotatable bonds is 10. The summed E-state index contributed by atoms with van der Waals surface area (Å²) < 4.78 is 31.1. The molecule has 14 nitrogen and oxygen atoms in total. The Kier molecular flexibility index (Phi) is 15.0. The van der Waals surface area contributed by atoms with Gasteiger partial charge in [0.25, 0.3) is 0 Å². The molecule has 1 aromatic heterocycles. The minimum Gasteiger partial charge on any atom is -0.458 e. The molecule has 3 aliphatic rings. The molecular formula is C40H64N4O10S. The van der Waals surface area contributed by atoms with Crippen molar-refractivity contribution < 1.29 is 48.0 Å². The lowest BCUT2D eigenvalue weighted by atomic mass is 9.73. The summed E-state index contributed by atoms with van der Waals surface area (Å²) in [6.07, 6.45) is -3.49. The molecule has 4 heterocycles. The number of aliphatic hydroxyl groups excluding tert-OH is 1. The predicted octanol–water partition coefficient (Wildman–Crippen LogP) is 4.78. The number of methoxy groups -OCH3 is 1. The number of aromatic nitrogens is 2. The topological polar surface area (TPSA) is 167 Å². The number of aliphatic hydroxyl groups is 1. The minimum absolute atomic E-state index is 0.130. The molecule has 13 atom stereocenters. The number of aryl methyl sites for hydroxylation is 2. The van der Waals surface area contributed by atoms with Crippen LogP contribution in [0.15, 0.2) is 11.2 Å². The fourth-order valence-corrected chi connectivity index (χ4v) is 9.74. The zero-order valence-corrected chi connectivity index (χ0v) is 35.8. The monoisotopic (exact) mass is 792 g/mol. The first-order chi connectivity index (χ1) is 25.7. The summed E-state index contributed by atoms with van der Waals surface area (Å²) in [5.74, 6) is -4.34. The number of carbonyl (C=O) groups is 4. The zero-order chi connectivity index (χ0) is 41.2. The number of fused-ring (bicyclic) bond motifs is 1. The van der Waals surface area contributed by atoms with E-state index < -0.39 is 83.4 Å². The number of hydrogen-bond donors (Lipinski definition) is 1. The number of amides is 1. The van der Waals surface area contributed by atoms with Crippen LogP contribution in [0.25, 0.3) is 0 Å². The van der Waals surface area contributed by atoms with E-state index in [1.165, 1.54) is 25.8 Å². The molecule has 15 heteroatoms. The summed E-state index contributed by atoms with van der Waals surface area (Å²) >= 11 is 1.49. The van der Waals surface area contributed by atoms with Gasteiger partial charge in [0.05, 0.1) is 23.9 Å². The van der Waals surface area contributed by atoms with Crippen LogP contribution in [0.5, 0.6) is 0 Å². The van der Waals surface area contributed by atoms with Crippen LogP contribution in [0.1, 0.15) is 92.5 Å². The average molecular weight is 793 g/mol. The van der Waals surface area contributed by atoms with E-state index >= 15 is 0 Å². The maximum atomic E-state index is 14.6. The molecule has 3 saturated heterocycles. The van der Waals surface area contributed by atoms with E-state index in [-0.39, 0.29) is 37.3 Å². The molecule has 0 saturated carbocycles. The number of thioether (sulfide) groups is 1. The zero-order valence-electron chi connectivity index (χ0n) is 35.0. The Morgan fingerprint density at radius 3 is 2.24 bits per heavy atom. The lowest BCUT2D eigenvalue weighted by Crippen LogP contribution is -2.60. The minimum atomic E-state index is -1.40. The summed E-state index contributed by atoms with van der Waals surface area (Å²) in [5.41, 5.74) is -0.922. The number of ketones is 2. The summed E-state index contributed by atoms with van der Waals surface area (Å²) in [7, 11) is 5.24. The van der Waals surface area contributed by atoms with Crippen molar-refractivity contribution in [3.8, 4) is 0 Å². The number of nitrogens with zero attached hydrogens (tertiary/aromatic N) is 4. The molecule has 1 amide bonds. The van der Waals surface area contributed by atoms with Gasteiger partial charge in [0.15, 0.2) is 22.8 Å². The molecule has 1 aromatic rings. The Hall–Kier alpha value is -2.69. The molecule has 310 valence electrons. The van der Waals surface area contributed by atoms with Gasteiger partial charge in [-0.15, -0.1) is 0 Å². The van der Waals surface area contributed by atoms with Crippen molar-refractivity contribution in [1.82, 2.24) is 19.8 Å². The molecule has 0 spiro atoms. The summed E-state index contributed by atoms with van der Waals surface area (Å²) in [5, 5.41) is 12.1. The van der Waals surface area contributed by atoms with Gasteiger partial charge in [-0.1, -0.05) is 39.5 Å². The molecule has 3 fully saturated rings. The summed E-state index contributed by atoms with van der Waals surface area (Å²) in [6.45, 7) is 18.1. The average Bonchev–Trinajstić information content (AvgIpc) is 3.38. The molecule has 0 radical (unpaired) electrons. The molecule has 0 bridgehead atoms.